The van der Waals surface area contributed by atoms with Gasteiger partial charge in [0.2, 0.25) is 0 Å². The predicted octanol–water partition coefficient (Wildman–Crippen LogP) is 1.96. The zero-order valence-corrected chi connectivity index (χ0v) is 7.64. The van der Waals surface area contributed by atoms with Gasteiger partial charge in [0, 0.05) is 12.1 Å². The molecular weight excluding hydrogens is 210 g/mol. The van der Waals surface area contributed by atoms with Gasteiger partial charge in [0.1, 0.15) is 0 Å². The Kier molecular flexibility index (Phi) is 3.03. The molecule has 0 aliphatic carbocycles. The minimum atomic E-state index is -1.18. The molecule has 14 heavy (non-hydrogen) atoms. The van der Waals surface area contributed by atoms with Crippen molar-refractivity contribution in [2.75, 3.05) is 0 Å². The summed E-state index contributed by atoms with van der Waals surface area (Å²) in [6.45, 7) is 0. The van der Waals surface area contributed by atoms with Gasteiger partial charge in [-0.1, -0.05) is 12.1 Å². The second-order valence-electron chi connectivity index (χ2n) is 2.55. The molecule has 5 nitrogen and oxygen atoms in total. The zero-order chi connectivity index (χ0) is 10.7. The molecule has 0 aromatic heterocycles. The smallest absolute Gasteiger partial charge is 0.326 e. The molecule has 0 aliphatic heterocycles. The normalized spacial score (nSPS) is 12.1. The van der Waals surface area contributed by atoms with Crippen molar-refractivity contribution >= 4 is 23.3 Å². The van der Waals surface area contributed by atoms with Crippen LogP contribution in [-0.2, 0) is 4.79 Å². The third-order valence-electron chi connectivity index (χ3n) is 1.61. The number of non-ortho nitro benzene ring substituents is 1. The average Bonchev–Trinajstić information content (AvgIpc) is 2.16. The Balaban J connectivity index is 2.94. The molecule has 1 aromatic carbocycles. The Bertz CT molecular complexity index is 362. The van der Waals surface area contributed by atoms with Crippen molar-refractivity contribution in [2.45, 2.75) is 5.38 Å². The van der Waals surface area contributed by atoms with Gasteiger partial charge in [-0.05, 0) is 5.56 Å². The number of alkyl halides is 1. The number of halogens is 1. The third kappa shape index (κ3) is 2.20. The first kappa shape index (κ1) is 10.5. The minimum Gasteiger partial charge on any atom is -0.480 e. The van der Waals surface area contributed by atoms with Crippen LogP contribution < -0.4 is 0 Å². The molecule has 1 rings (SSSR count). The maximum absolute atomic E-state index is 10.5. The van der Waals surface area contributed by atoms with E-state index in [0.29, 0.717) is 5.56 Å². The number of rotatable bonds is 3. The second-order valence-corrected chi connectivity index (χ2v) is 2.99. The van der Waals surface area contributed by atoms with E-state index in [1.54, 1.807) is 0 Å². The molecule has 0 saturated heterocycles. The van der Waals surface area contributed by atoms with Crippen LogP contribution in [0.15, 0.2) is 24.3 Å². The highest BCUT2D eigenvalue weighted by atomic mass is 35.5. The van der Waals surface area contributed by atoms with Crippen LogP contribution in [0.3, 0.4) is 0 Å². The van der Waals surface area contributed by atoms with E-state index < -0.39 is 16.3 Å². The summed E-state index contributed by atoms with van der Waals surface area (Å²) in [5.74, 6) is -1.18. The Morgan fingerprint density at radius 2 is 1.93 bits per heavy atom. The number of hydrogen-bond donors (Lipinski definition) is 1. The maximum Gasteiger partial charge on any atom is 0.326 e. The van der Waals surface area contributed by atoms with Crippen LogP contribution in [0.25, 0.3) is 0 Å². The molecule has 0 bridgehead atoms. The fourth-order valence-corrected chi connectivity index (χ4v) is 1.05. The molecule has 1 N–H and O–H groups in total. The molecule has 1 atom stereocenters. The van der Waals surface area contributed by atoms with E-state index in [9.17, 15) is 14.9 Å². The lowest BCUT2D eigenvalue weighted by molar-refractivity contribution is -0.384. The van der Waals surface area contributed by atoms with Crippen LogP contribution in [-0.4, -0.2) is 16.0 Å². The summed E-state index contributed by atoms with van der Waals surface area (Å²) in [6.07, 6.45) is 0. The first-order chi connectivity index (χ1) is 6.52. The van der Waals surface area contributed by atoms with Crippen molar-refractivity contribution in [2.24, 2.45) is 0 Å². The average molecular weight is 216 g/mol. The van der Waals surface area contributed by atoms with Crippen LogP contribution in [0.2, 0.25) is 0 Å². The Labute approximate surface area is 84.1 Å². The number of aliphatic carboxylic acids is 1. The lowest BCUT2D eigenvalue weighted by Crippen LogP contribution is -2.04. The molecule has 0 saturated carbocycles. The van der Waals surface area contributed by atoms with Crippen molar-refractivity contribution in [3.8, 4) is 0 Å². The quantitative estimate of drug-likeness (QED) is 0.475. The van der Waals surface area contributed by atoms with E-state index in [2.05, 4.69) is 0 Å². The van der Waals surface area contributed by atoms with Gasteiger partial charge in [-0.25, -0.2) is 0 Å². The number of hydrogen-bond acceptors (Lipinski definition) is 3. The molecule has 0 spiro atoms. The number of nitro benzene ring substituents is 1. The molecule has 1 unspecified atom stereocenters. The highest BCUT2D eigenvalue weighted by Crippen LogP contribution is 2.22. The molecule has 74 valence electrons. The van der Waals surface area contributed by atoms with Crippen LogP contribution in [0, 0.1) is 10.1 Å². The molecule has 0 heterocycles. The van der Waals surface area contributed by atoms with Crippen LogP contribution in [0.5, 0.6) is 0 Å². The van der Waals surface area contributed by atoms with Crippen LogP contribution in [0.1, 0.15) is 10.9 Å². The lowest BCUT2D eigenvalue weighted by Gasteiger charge is -2.02. The predicted molar refractivity (Wildman–Crippen MR) is 49.3 cm³/mol. The largest absolute Gasteiger partial charge is 0.480 e. The van der Waals surface area contributed by atoms with Crippen molar-refractivity contribution in [3.05, 3.63) is 39.9 Å². The minimum absolute atomic E-state index is 0.0944. The summed E-state index contributed by atoms with van der Waals surface area (Å²) in [6, 6.07) is 5.08. The van der Waals surface area contributed by atoms with Gasteiger partial charge in [0.25, 0.3) is 5.69 Å². The summed E-state index contributed by atoms with van der Waals surface area (Å²) < 4.78 is 0. The SMILES string of the molecule is O=C(O)C(Cl)c1ccc([N+](=O)[O-])cc1. The molecule has 6 heteroatoms. The standard InChI is InChI=1S/C8H6ClNO4/c9-7(8(11)12)5-1-3-6(4-2-5)10(13)14/h1-4,7H,(H,11,12). The van der Waals surface area contributed by atoms with Gasteiger partial charge < -0.3 is 5.11 Å². The first-order valence-electron chi connectivity index (χ1n) is 3.63. The number of nitro groups is 1. The molecule has 0 amide bonds. The molecule has 1 aromatic rings. The maximum atomic E-state index is 10.5. The molecule has 0 fully saturated rings. The van der Waals surface area contributed by atoms with Gasteiger partial charge >= 0.3 is 5.97 Å². The summed E-state index contributed by atoms with van der Waals surface area (Å²) in [5, 5.41) is 17.6. The fraction of sp³-hybridized carbons (Fsp3) is 0.125. The summed E-state index contributed by atoms with van der Waals surface area (Å²) in [4.78, 5) is 20.2. The van der Waals surface area contributed by atoms with Crippen LogP contribution >= 0.6 is 11.6 Å². The molecule has 0 radical (unpaired) electrons. The van der Waals surface area contributed by atoms with E-state index in [1.807, 2.05) is 0 Å². The summed E-state index contributed by atoms with van der Waals surface area (Å²) >= 11 is 5.50. The molecule has 0 aliphatic rings. The Morgan fingerprint density at radius 3 is 2.29 bits per heavy atom. The van der Waals surface area contributed by atoms with Gasteiger partial charge in [-0.2, -0.15) is 0 Å². The molecular formula is C8H6ClNO4. The van der Waals surface area contributed by atoms with Crippen molar-refractivity contribution < 1.29 is 14.8 Å². The number of benzene rings is 1. The number of nitrogens with zero attached hydrogens (tertiary/aromatic N) is 1. The van der Waals surface area contributed by atoms with E-state index in [0.717, 1.165) is 0 Å². The highest BCUT2D eigenvalue weighted by molar-refractivity contribution is 6.29. The highest BCUT2D eigenvalue weighted by Gasteiger charge is 2.16. The fourth-order valence-electron chi connectivity index (χ4n) is 0.908. The van der Waals surface area contributed by atoms with Gasteiger partial charge in [-0.15, -0.1) is 11.6 Å². The van der Waals surface area contributed by atoms with Crippen LogP contribution in [0.4, 0.5) is 5.69 Å². The summed E-state index contributed by atoms with van der Waals surface area (Å²) in [7, 11) is 0. The number of carboxylic acid groups (broad SMARTS) is 1. The third-order valence-corrected chi connectivity index (χ3v) is 2.05. The van der Waals surface area contributed by atoms with Crippen molar-refractivity contribution in [3.63, 3.8) is 0 Å². The Morgan fingerprint density at radius 1 is 1.43 bits per heavy atom. The lowest BCUT2D eigenvalue weighted by atomic mass is 10.1. The monoisotopic (exact) mass is 215 g/mol. The van der Waals surface area contributed by atoms with Crippen molar-refractivity contribution in [1.29, 1.82) is 0 Å². The van der Waals surface area contributed by atoms with Gasteiger partial charge in [-0.3, -0.25) is 14.9 Å². The van der Waals surface area contributed by atoms with E-state index >= 15 is 0 Å². The van der Waals surface area contributed by atoms with Crippen molar-refractivity contribution in [1.82, 2.24) is 0 Å². The first-order valence-corrected chi connectivity index (χ1v) is 4.07. The topological polar surface area (TPSA) is 80.4 Å². The van der Waals surface area contributed by atoms with E-state index in [1.165, 1.54) is 24.3 Å². The number of carboxylic acids is 1. The second kappa shape index (κ2) is 4.06. The zero-order valence-electron chi connectivity index (χ0n) is 6.88. The summed E-state index contributed by atoms with van der Waals surface area (Å²) in [5.41, 5.74) is 0.229. The van der Waals surface area contributed by atoms with Gasteiger partial charge in [0.05, 0.1) is 4.92 Å². The number of carbonyl (C=O) groups is 1. The van der Waals surface area contributed by atoms with Gasteiger partial charge in [0.15, 0.2) is 5.38 Å². The van der Waals surface area contributed by atoms with E-state index in [4.69, 9.17) is 16.7 Å². The Hall–Kier alpha value is -1.62. The van der Waals surface area contributed by atoms with E-state index in [-0.39, 0.29) is 5.69 Å².